The number of nitrogens with zero attached hydrogens (tertiary/aromatic N) is 1. The summed E-state index contributed by atoms with van der Waals surface area (Å²) in [6.07, 6.45) is 0.878. The molecule has 7 nitrogen and oxygen atoms in total. The highest BCUT2D eigenvalue weighted by atomic mass is 32.2. The normalized spacial score (nSPS) is 15.2. The number of hydrogen-bond donors (Lipinski definition) is 1. The minimum Gasteiger partial charge on any atom is -0.423 e. The topological polar surface area (TPSA) is 92.8 Å². The van der Waals surface area contributed by atoms with E-state index in [0.29, 0.717) is 5.75 Å². The summed E-state index contributed by atoms with van der Waals surface area (Å²) in [6.45, 7) is 2.24. The molecule has 0 spiro atoms. The van der Waals surface area contributed by atoms with Crippen LogP contribution in [-0.4, -0.2) is 44.2 Å². The number of rotatable bonds is 5. The third-order valence-corrected chi connectivity index (χ3v) is 6.09. The minimum absolute atomic E-state index is 0.0482. The lowest BCUT2D eigenvalue weighted by molar-refractivity contribution is -0.122. The number of piperazine rings is 1. The third-order valence-electron chi connectivity index (χ3n) is 4.25. The summed E-state index contributed by atoms with van der Waals surface area (Å²) in [7, 11) is -3.87. The fourth-order valence-electron chi connectivity index (χ4n) is 2.71. The summed E-state index contributed by atoms with van der Waals surface area (Å²) in [5, 5.41) is 2.58. The van der Waals surface area contributed by atoms with Gasteiger partial charge >= 0.3 is 5.97 Å². The van der Waals surface area contributed by atoms with E-state index in [2.05, 4.69) is 5.32 Å². The van der Waals surface area contributed by atoms with E-state index in [-0.39, 0.29) is 36.0 Å². The van der Waals surface area contributed by atoms with Gasteiger partial charge in [-0.15, -0.1) is 0 Å². The van der Waals surface area contributed by atoms with Crippen LogP contribution in [0.1, 0.15) is 22.8 Å². The molecule has 1 heterocycles. The van der Waals surface area contributed by atoms with Crippen molar-refractivity contribution >= 4 is 21.9 Å². The van der Waals surface area contributed by atoms with Gasteiger partial charge in [-0.05, 0) is 42.3 Å². The average Bonchev–Trinajstić information content (AvgIpc) is 2.68. The molecule has 0 bridgehead atoms. The Bertz CT molecular complexity index is 954. The number of sulfonamides is 1. The van der Waals surface area contributed by atoms with Crippen LogP contribution in [-0.2, 0) is 21.2 Å². The van der Waals surface area contributed by atoms with Crippen LogP contribution >= 0.6 is 0 Å². The van der Waals surface area contributed by atoms with Crippen LogP contribution in [0.3, 0.4) is 0 Å². The quantitative estimate of drug-likeness (QED) is 0.620. The molecule has 1 fully saturated rings. The molecule has 0 aliphatic carbocycles. The predicted octanol–water partition coefficient (Wildman–Crippen LogP) is 1.59. The van der Waals surface area contributed by atoms with Gasteiger partial charge in [0.1, 0.15) is 5.75 Å². The molecule has 0 radical (unpaired) electrons. The van der Waals surface area contributed by atoms with Gasteiger partial charge in [-0.1, -0.05) is 25.1 Å². The van der Waals surface area contributed by atoms with E-state index in [9.17, 15) is 18.0 Å². The molecule has 0 unspecified atom stereocenters. The maximum absolute atomic E-state index is 12.7. The summed E-state index contributed by atoms with van der Waals surface area (Å²) >= 11 is 0. The Balaban J connectivity index is 1.79. The van der Waals surface area contributed by atoms with E-state index in [4.69, 9.17) is 4.74 Å². The monoisotopic (exact) mass is 388 g/mol. The van der Waals surface area contributed by atoms with Crippen molar-refractivity contribution in [3.63, 3.8) is 0 Å². The summed E-state index contributed by atoms with van der Waals surface area (Å²) < 4.78 is 31.9. The number of carbonyl (C=O) groups is 2. The Morgan fingerprint density at radius 1 is 1.19 bits per heavy atom. The van der Waals surface area contributed by atoms with E-state index in [1.807, 2.05) is 19.1 Å². The number of hydrogen-bond acceptors (Lipinski definition) is 5. The van der Waals surface area contributed by atoms with Crippen molar-refractivity contribution in [3.8, 4) is 5.75 Å². The first-order valence-electron chi connectivity index (χ1n) is 8.58. The fraction of sp³-hybridized carbons (Fsp3) is 0.263. The van der Waals surface area contributed by atoms with Crippen molar-refractivity contribution in [1.29, 1.82) is 0 Å². The summed E-state index contributed by atoms with van der Waals surface area (Å²) in [6, 6.07) is 12.8. The molecule has 1 aliphatic heterocycles. The second-order valence-corrected chi connectivity index (χ2v) is 8.04. The molecule has 0 atom stereocenters. The van der Waals surface area contributed by atoms with Crippen LogP contribution in [0.4, 0.5) is 0 Å². The van der Waals surface area contributed by atoms with Gasteiger partial charge in [-0.2, -0.15) is 4.31 Å². The van der Waals surface area contributed by atoms with E-state index in [0.717, 1.165) is 16.3 Å². The maximum atomic E-state index is 12.7. The third kappa shape index (κ3) is 4.35. The second kappa shape index (κ2) is 7.89. The van der Waals surface area contributed by atoms with Crippen molar-refractivity contribution in [2.75, 3.05) is 19.6 Å². The van der Waals surface area contributed by atoms with Gasteiger partial charge in [0.15, 0.2) is 0 Å². The molecule has 3 rings (SSSR count). The van der Waals surface area contributed by atoms with Crippen LogP contribution in [0.2, 0.25) is 0 Å². The van der Waals surface area contributed by atoms with E-state index in [1.54, 1.807) is 12.1 Å². The second-order valence-electron chi connectivity index (χ2n) is 6.10. The lowest BCUT2D eigenvalue weighted by Gasteiger charge is -2.26. The number of benzene rings is 2. The van der Waals surface area contributed by atoms with E-state index in [1.165, 1.54) is 24.3 Å². The first-order valence-corrected chi connectivity index (χ1v) is 10.0. The molecule has 2 aromatic carbocycles. The molecule has 27 heavy (non-hydrogen) atoms. The van der Waals surface area contributed by atoms with E-state index >= 15 is 0 Å². The van der Waals surface area contributed by atoms with Crippen molar-refractivity contribution in [2.24, 2.45) is 0 Å². The standard InChI is InChI=1S/C19H20N2O5S/c1-2-14-6-8-16(9-7-14)26-19(23)15-4-3-5-17(12-15)27(24,25)21-11-10-20-18(22)13-21/h3-9,12H,2,10-11,13H2,1H3,(H,20,22). The zero-order valence-corrected chi connectivity index (χ0v) is 15.7. The molecule has 8 heteroatoms. The van der Waals surface area contributed by atoms with Crippen LogP contribution in [0, 0.1) is 0 Å². The van der Waals surface area contributed by atoms with Crippen LogP contribution in [0.25, 0.3) is 0 Å². The maximum Gasteiger partial charge on any atom is 0.343 e. The largest absolute Gasteiger partial charge is 0.423 e. The highest BCUT2D eigenvalue weighted by molar-refractivity contribution is 7.89. The Kier molecular flexibility index (Phi) is 5.57. The first-order chi connectivity index (χ1) is 12.9. The Morgan fingerprint density at radius 2 is 1.93 bits per heavy atom. The first kappa shape index (κ1) is 19.1. The number of nitrogens with one attached hydrogen (secondary N) is 1. The molecule has 142 valence electrons. The minimum atomic E-state index is -3.87. The van der Waals surface area contributed by atoms with Gasteiger partial charge in [-0.25, -0.2) is 13.2 Å². The lowest BCUT2D eigenvalue weighted by atomic mass is 10.2. The Morgan fingerprint density at radius 3 is 2.59 bits per heavy atom. The molecule has 1 N–H and O–H groups in total. The number of amides is 1. The highest BCUT2D eigenvalue weighted by Crippen LogP contribution is 2.20. The summed E-state index contributed by atoms with van der Waals surface area (Å²) in [5.41, 5.74) is 1.24. The van der Waals surface area contributed by atoms with Gasteiger partial charge in [0.2, 0.25) is 15.9 Å². The molecule has 2 aromatic rings. The van der Waals surface area contributed by atoms with E-state index < -0.39 is 16.0 Å². The number of carbonyl (C=O) groups excluding carboxylic acids is 2. The van der Waals surface area contributed by atoms with Crippen molar-refractivity contribution < 1.29 is 22.7 Å². The summed E-state index contributed by atoms with van der Waals surface area (Å²) in [4.78, 5) is 23.8. The molecular weight excluding hydrogens is 368 g/mol. The summed E-state index contributed by atoms with van der Waals surface area (Å²) in [5.74, 6) is -0.609. The van der Waals surface area contributed by atoms with Gasteiger partial charge in [0.25, 0.3) is 0 Å². The van der Waals surface area contributed by atoms with Gasteiger partial charge < -0.3 is 10.1 Å². The zero-order chi connectivity index (χ0) is 19.4. The smallest absolute Gasteiger partial charge is 0.343 e. The molecule has 0 aromatic heterocycles. The highest BCUT2D eigenvalue weighted by Gasteiger charge is 2.29. The zero-order valence-electron chi connectivity index (χ0n) is 14.8. The van der Waals surface area contributed by atoms with Crippen LogP contribution < -0.4 is 10.1 Å². The molecule has 0 saturated carbocycles. The van der Waals surface area contributed by atoms with Gasteiger partial charge in [0, 0.05) is 13.1 Å². The van der Waals surface area contributed by atoms with Crippen molar-refractivity contribution in [2.45, 2.75) is 18.2 Å². The fourth-order valence-corrected chi connectivity index (χ4v) is 4.16. The van der Waals surface area contributed by atoms with Crippen molar-refractivity contribution in [3.05, 3.63) is 59.7 Å². The van der Waals surface area contributed by atoms with Crippen LogP contribution in [0.15, 0.2) is 53.4 Å². The predicted molar refractivity (Wildman–Crippen MR) is 99.0 cm³/mol. The van der Waals surface area contributed by atoms with Gasteiger partial charge in [-0.3, -0.25) is 4.79 Å². The van der Waals surface area contributed by atoms with Gasteiger partial charge in [0.05, 0.1) is 17.0 Å². The molecular formula is C19H20N2O5S. The number of aryl methyl sites for hydroxylation is 1. The van der Waals surface area contributed by atoms with Crippen LogP contribution in [0.5, 0.6) is 5.75 Å². The molecule has 1 saturated heterocycles. The Labute approximate surface area is 158 Å². The SMILES string of the molecule is CCc1ccc(OC(=O)c2cccc(S(=O)(=O)N3CCNC(=O)C3)c2)cc1. The molecule has 1 amide bonds. The Hall–Kier alpha value is -2.71. The number of esters is 1. The van der Waals surface area contributed by atoms with Crippen molar-refractivity contribution in [1.82, 2.24) is 9.62 Å². The number of ether oxygens (including phenoxy) is 1. The average molecular weight is 388 g/mol. The lowest BCUT2D eigenvalue weighted by Crippen LogP contribution is -2.49. The molecule has 1 aliphatic rings.